The van der Waals surface area contributed by atoms with E-state index in [0.29, 0.717) is 17.5 Å². The molecule has 1 unspecified atom stereocenters. The van der Waals surface area contributed by atoms with Gasteiger partial charge in [0.25, 0.3) is 0 Å². The maximum absolute atomic E-state index is 14.1. The second-order valence-corrected chi connectivity index (χ2v) is 9.13. The lowest BCUT2D eigenvalue weighted by molar-refractivity contribution is -0.126. The molecule has 166 valence electrons. The van der Waals surface area contributed by atoms with Gasteiger partial charge >= 0.3 is 6.03 Å². The number of nitrogens with zero attached hydrogens (tertiary/aromatic N) is 2. The van der Waals surface area contributed by atoms with Gasteiger partial charge in [0.15, 0.2) is 6.29 Å². The Morgan fingerprint density at radius 1 is 1.09 bits per heavy atom. The topological polar surface area (TPSA) is 73.2 Å². The van der Waals surface area contributed by atoms with Gasteiger partial charge in [0, 0.05) is 32.4 Å². The molecule has 0 bridgehead atoms. The summed E-state index contributed by atoms with van der Waals surface area (Å²) in [6.45, 7) is 0. The third-order valence-corrected chi connectivity index (χ3v) is 7.05. The van der Waals surface area contributed by atoms with Crippen LogP contribution in [-0.2, 0) is 16.8 Å². The Morgan fingerprint density at radius 2 is 1.78 bits per heavy atom. The predicted molar refractivity (Wildman–Crippen MR) is 116 cm³/mol. The predicted octanol–water partition coefficient (Wildman–Crippen LogP) is 4.64. The fourth-order valence-corrected chi connectivity index (χ4v) is 5.20. The highest BCUT2D eigenvalue weighted by Gasteiger charge is 2.61. The number of hydrogen-bond donors (Lipinski definition) is 1. The molecule has 0 aromatic heterocycles. The molecule has 2 aliphatic carbocycles. The van der Waals surface area contributed by atoms with Crippen molar-refractivity contribution in [3.63, 3.8) is 0 Å². The van der Waals surface area contributed by atoms with Crippen molar-refractivity contribution in [3.05, 3.63) is 59.2 Å². The number of amides is 2. The zero-order chi connectivity index (χ0) is 23.1. The van der Waals surface area contributed by atoms with Gasteiger partial charge in [-0.2, -0.15) is 5.26 Å². The highest BCUT2D eigenvalue weighted by molar-refractivity contribution is 5.85. The van der Waals surface area contributed by atoms with Crippen molar-refractivity contribution < 1.29 is 18.4 Å². The summed E-state index contributed by atoms with van der Waals surface area (Å²) in [5.41, 5.74) is 1.43. The molecule has 2 aliphatic rings. The fourth-order valence-electron chi connectivity index (χ4n) is 5.20. The van der Waals surface area contributed by atoms with Crippen LogP contribution in [-0.4, -0.2) is 37.2 Å². The Balaban J connectivity index is 1.86. The molecule has 5 nitrogen and oxygen atoms in total. The summed E-state index contributed by atoms with van der Waals surface area (Å²) in [6.07, 6.45) is 0.834. The van der Waals surface area contributed by atoms with Gasteiger partial charge in [-0.25, -0.2) is 13.6 Å². The molecular formula is C25H25F2N3O2. The van der Waals surface area contributed by atoms with Crippen LogP contribution in [0, 0.1) is 16.7 Å². The molecule has 1 saturated carbocycles. The Hall–Kier alpha value is -3.27. The van der Waals surface area contributed by atoms with Crippen LogP contribution in [0.25, 0.3) is 11.1 Å². The largest absolute Gasteiger partial charge is 0.331 e. The minimum atomic E-state index is -2.76. The molecule has 1 fully saturated rings. The van der Waals surface area contributed by atoms with E-state index in [1.165, 1.54) is 4.90 Å². The number of carbonyl (C=O) groups is 2. The van der Waals surface area contributed by atoms with Crippen LogP contribution < -0.4 is 5.32 Å². The Kier molecular flexibility index (Phi) is 5.28. The van der Waals surface area contributed by atoms with Gasteiger partial charge in [-0.15, -0.1) is 0 Å². The van der Waals surface area contributed by atoms with Gasteiger partial charge in [0.2, 0.25) is 5.92 Å². The monoisotopic (exact) mass is 437 g/mol. The molecule has 2 aromatic carbocycles. The van der Waals surface area contributed by atoms with E-state index in [-0.39, 0.29) is 25.7 Å². The maximum atomic E-state index is 14.1. The smallest absolute Gasteiger partial charge is 0.317 e. The van der Waals surface area contributed by atoms with Crippen LogP contribution in [0.2, 0.25) is 0 Å². The van der Waals surface area contributed by atoms with E-state index in [1.54, 1.807) is 32.3 Å². The lowest BCUT2D eigenvalue weighted by atomic mass is 9.61. The van der Waals surface area contributed by atoms with E-state index in [0.717, 1.165) is 23.0 Å². The zero-order valence-corrected chi connectivity index (χ0v) is 18.1. The molecular weight excluding hydrogens is 412 g/mol. The molecule has 0 radical (unpaired) electrons. The lowest BCUT2D eigenvalue weighted by Crippen LogP contribution is -2.60. The maximum Gasteiger partial charge on any atom is 0.317 e. The third-order valence-electron chi connectivity index (χ3n) is 7.05. The standard InChI is InChI=1S/C25H25F2N3O2/c1-30(2)22(32)29-25(16-31)21-13-19(18-5-3-4-17(12-18)15-28)6-7-20(21)14-23(25)8-10-24(26,27)11-9-23/h3-7,12-13,16H,8-11,14H2,1-2H3,(H,29,32). The summed E-state index contributed by atoms with van der Waals surface area (Å²) in [7, 11) is 3.16. The first-order chi connectivity index (χ1) is 15.2. The molecule has 1 N–H and O–H groups in total. The Bertz CT molecular complexity index is 1110. The Labute approximate surface area is 186 Å². The van der Waals surface area contributed by atoms with Crippen LogP contribution in [0.5, 0.6) is 0 Å². The van der Waals surface area contributed by atoms with Crippen molar-refractivity contribution in [3.8, 4) is 17.2 Å². The van der Waals surface area contributed by atoms with Crippen LogP contribution in [0.15, 0.2) is 42.5 Å². The van der Waals surface area contributed by atoms with Crippen LogP contribution in [0.1, 0.15) is 42.4 Å². The summed E-state index contributed by atoms with van der Waals surface area (Å²) < 4.78 is 28.1. The number of fused-ring (bicyclic) bond motifs is 1. The first kappa shape index (κ1) is 21.9. The number of urea groups is 1. The molecule has 2 amide bonds. The summed E-state index contributed by atoms with van der Waals surface area (Å²) in [5, 5.41) is 12.1. The van der Waals surface area contributed by atoms with Crippen LogP contribution in [0.4, 0.5) is 13.6 Å². The highest BCUT2D eigenvalue weighted by atomic mass is 19.3. The number of halogens is 2. The number of nitriles is 1. The van der Waals surface area contributed by atoms with Gasteiger partial charge in [0.1, 0.15) is 5.54 Å². The molecule has 1 atom stereocenters. The Morgan fingerprint density at radius 3 is 2.41 bits per heavy atom. The average molecular weight is 437 g/mol. The van der Waals surface area contributed by atoms with Gasteiger partial charge in [-0.3, -0.25) is 0 Å². The molecule has 0 aliphatic heterocycles. The minimum absolute atomic E-state index is 0.139. The zero-order valence-electron chi connectivity index (χ0n) is 18.1. The van der Waals surface area contributed by atoms with Crippen molar-refractivity contribution in [1.29, 1.82) is 5.26 Å². The van der Waals surface area contributed by atoms with Crippen LogP contribution >= 0.6 is 0 Å². The molecule has 32 heavy (non-hydrogen) atoms. The van der Waals surface area contributed by atoms with Crippen molar-refractivity contribution >= 4 is 12.3 Å². The number of nitrogens with one attached hydrogen (secondary N) is 1. The highest BCUT2D eigenvalue weighted by Crippen LogP contribution is 2.59. The van der Waals surface area contributed by atoms with Gasteiger partial charge in [-0.05, 0) is 59.7 Å². The number of carbonyl (C=O) groups excluding carboxylic acids is 2. The van der Waals surface area contributed by atoms with E-state index < -0.39 is 22.9 Å². The fraction of sp³-hybridized carbons (Fsp3) is 0.400. The first-order valence-electron chi connectivity index (χ1n) is 10.6. The molecule has 2 aromatic rings. The van der Waals surface area contributed by atoms with Gasteiger partial charge in [0.05, 0.1) is 11.6 Å². The molecule has 1 spiro atoms. The lowest BCUT2D eigenvalue weighted by Gasteiger charge is -2.47. The number of alkyl halides is 2. The van der Waals surface area contributed by atoms with E-state index in [2.05, 4.69) is 11.4 Å². The number of benzene rings is 2. The summed E-state index contributed by atoms with van der Waals surface area (Å²) in [6, 6.07) is 14.5. The summed E-state index contributed by atoms with van der Waals surface area (Å²) in [4.78, 5) is 26.8. The number of aldehydes is 1. The quantitative estimate of drug-likeness (QED) is 0.711. The molecule has 0 heterocycles. The minimum Gasteiger partial charge on any atom is -0.331 e. The van der Waals surface area contributed by atoms with Crippen LogP contribution in [0.3, 0.4) is 0 Å². The second-order valence-electron chi connectivity index (χ2n) is 9.13. The third kappa shape index (κ3) is 3.44. The van der Waals surface area contributed by atoms with E-state index in [9.17, 15) is 23.6 Å². The molecule has 7 heteroatoms. The summed E-state index contributed by atoms with van der Waals surface area (Å²) >= 11 is 0. The van der Waals surface area contributed by atoms with E-state index in [4.69, 9.17) is 0 Å². The SMILES string of the molecule is CN(C)C(=O)NC1(C=O)c2cc(-c3cccc(C#N)c3)ccc2CC12CCC(F)(F)CC2. The summed E-state index contributed by atoms with van der Waals surface area (Å²) in [5.74, 6) is -2.76. The molecule has 4 rings (SSSR count). The number of hydrogen-bond acceptors (Lipinski definition) is 3. The first-order valence-corrected chi connectivity index (χ1v) is 10.6. The van der Waals surface area contributed by atoms with Crippen molar-refractivity contribution in [2.45, 2.75) is 43.6 Å². The van der Waals surface area contributed by atoms with E-state index in [1.807, 2.05) is 24.3 Å². The van der Waals surface area contributed by atoms with Gasteiger partial charge in [-0.1, -0.05) is 24.3 Å². The van der Waals surface area contributed by atoms with Gasteiger partial charge < -0.3 is 15.0 Å². The van der Waals surface area contributed by atoms with E-state index >= 15 is 0 Å². The normalized spacial score (nSPS) is 22.6. The average Bonchev–Trinajstić information content (AvgIpc) is 3.04. The van der Waals surface area contributed by atoms with Crippen molar-refractivity contribution in [2.75, 3.05) is 14.1 Å². The van der Waals surface area contributed by atoms with Crippen molar-refractivity contribution in [2.24, 2.45) is 5.41 Å². The second kappa shape index (κ2) is 7.70. The number of rotatable bonds is 3. The van der Waals surface area contributed by atoms with Crippen molar-refractivity contribution in [1.82, 2.24) is 10.2 Å². The molecule has 0 saturated heterocycles.